The molecule has 0 unspecified atom stereocenters. The molecule has 2 aromatic rings. The molecule has 2 aromatic carbocycles. The van der Waals surface area contributed by atoms with Gasteiger partial charge in [0, 0.05) is 11.6 Å². The minimum Gasteiger partial charge on any atom is -0.402 e. The molecule has 130 valence electrons. The van der Waals surface area contributed by atoms with Gasteiger partial charge in [0.15, 0.2) is 5.70 Å². The lowest BCUT2D eigenvalue weighted by molar-refractivity contribution is -0.394. The molecular formula is C16H8FN3O6. The molecule has 26 heavy (non-hydrogen) atoms. The van der Waals surface area contributed by atoms with Crippen LogP contribution < -0.4 is 0 Å². The van der Waals surface area contributed by atoms with E-state index in [0.29, 0.717) is 0 Å². The fraction of sp³-hybridized carbons (Fsp3) is 0. The lowest BCUT2D eigenvalue weighted by atomic mass is 10.1. The van der Waals surface area contributed by atoms with Crippen molar-refractivity contribution in [1.82, 2.24) is 0 Å². The van der Waals surface area contributed by atoms with Crippen molar-refractivity contribution in [1.29, 1.82) is 0 Å². The lowest BCUT2D eigenvalue weighted by Crippen LogP contribution is -2.05. The Balaban J connectivity index is 2.03. The third-order valence-corrected chi connectivity index (χ3v) is 3.41. The number of benzene rings is 2. The van der Waals surface area contributed by atoms with Gasteiger partial charge in [-0.1, -0.05) is 6.07 Å². The summed E-state index contributed by atoms with van der Waals surface area (Å²) in [6.07, 6.45) is 1.08. The van der Waals surface area contributed by atoms with Gasteiger partial charge in [-0.25, -0.2) is 14.2 Å². The number of nitro groups is 2. The summed E-state index contributed by atoms with van der Waals surface area (Å²) in [5.41, 5.74) is -1.11. The van der Waals surface area contributed by atoms with Crippen LogP contribution in [0.5, 0.6) is 0 Å². The largest absolute Gasteiger partial charge is 0.402 e. The molecule has 0 bridgehead atoms. The lowest BCUT2D eigenvalue weighted by Gasteiger charge is -1.98. The van der Waals surface area contributed by atoms with Crippen LogP contribution in [-0.2, 0) is 9.53 Å². The van der Waals surface area contributed by atoms with E-state index in [1.807, 2.05) is 0 Å². The van der Waals surface area contributed by atoms with E-state index in [0.717, 1.165) is 30.3 Å². The van der Waals surface area contributed by atoms with Gasteiger partial charge in [-0.3, -0.25) is 20.2 Å². The van der Waals surface area contributed by atoms with Gasteiger partial charge in [-0.05, 0) is 30.3 Å². The molecule has 0 fully saturated rings. The molecule has 1 heterocycles. The molecule has 0 radical (unpaired) electrons. The van der Waals surface area contributed by atoms with Crippen LogP contribution in [0, 0.1) is 26.0 Å². The number of non-ortho nitro benzene ring substituents is 1. The first-order valence-corrected chi connectivity index (χ1v) is 7.06. The van der Waals surface area contributed by atoms with E-state index in [9.17, 15) is 29.4 Å². The Hall–Kier alpha value is -3.95. The molecule has 0 spiro atoms. The van der Waals surface area contributed by atoms with E-state index in [4.69, 9.17) is 4.74 Å². The zero-order valence-electron chi connectivity index (χ0n) is 12.8. The summed E-state index contributed by atoms with van der Waals surface area (Å²) in [5.74, 6) is -1.58. The maximum absolute atomic E-state index is 13.3. The fourth-order valence-electron chi connectivity index (χ4n) is 2.23. The first-order valence-electron chi connectivity index (χ1n) is 7.06. The molecule has 9 nitrogen and oxygen atoms in total. The molecule has 0 atom stereocenters. The molecular weight excluding hydrogens is 349 g/mol. The van der Waals surface area contributed by atoms with Gasteiger partial charge < -0.3 is 4.74 Å². The Morgan fingerprint density at radius 2 is 1.85 bits per heavy atom. The topological polar surface area (TPSA) is 125 Å². The second-order valence-electron chi connectivity index (χ2n) is 5.10. The number of carbonyl (C=O) groups is 1. The monoisotopic (exact) mass is 357 g/mol. The van der Waals surface area contributed by atoms with Crippen LogP contribution in [-0.4, -0.2) is 21.7 Å². The van der Waals surface area contributed by atoms with Gasteiger partial charge in [0.25, 0.3) is 11.4 Å². The Labute approximate surface area is 144 Å². The van der Waals surface area contributed by atoms with Crippen LogP contribution >= 0.6 is 0 Å². The Morgan fingerprint density at radius 3 is 2.50 bits per heavy atom. The zero-order valence-corrected chi connectivity index (χ0v) is 12.8. The molecule has 3 rings (SSSR count). The number of aliphatic imine (C=N–C) groups is 1. The summed E-state index contributed by atoms with van der Waals surface area (Å²) in [5, 5.41) is 21.9. The SMILES string of the molecule is O=C1OC(c2cccc(F)c2)=N/C1=C\c1ccc([N+](=O)[O-])cc1[N+](=O)[O-]. The third-order valence-electron chi connectivity index (χ3n) is 3.41. The van der Waals surface area contributed by atoms with Gasteiger partial charge in [0.1, 0.15) is 5.82 Å². The third kappa shape index (κ3) is 3.29. The van der Waals surface area contributed by atoms with E-state index < -0.39 is 33.0 Å². The van der Waals surface area contributed by atoms with Crippen LogP contribution in [0.15, 0.2) is 53.2 Å². The summed E-state index contributed by atoms with van der Waals surface area (Å²) in [7, 11) is 0. The Kier molecular flexibility index (Phi) is 4.23. The maximum atomic E-state index is 13.3. The van der Waals surface area contributed by atoms with Crippen molar-refractivity contribution in [3.63, 3.8) is 0 Å². The summed E-state index contributed by atoms with van der Waals surface area (Å²) >= 11 is 0. The summed E-state index contributed by atoms with van der Waals surface area (Å²) < 4.78 is 18.2. The number of cyclic esters (lactones) is 1. The van der Waals surface area contributed by atoms with E-state index in [1.54, 1.807) is 0 Å². The van der Waals surface area contributed by atoms with Crippen molar-refractivity contribution in [3.8, 4) is 0 Å². The standard InChI is InChI=1S/C16H8FN3O6/c17-11-3-1-2-10(6-11)15-18-13(16(21)26-15)7-9-4-5-12(19(22)23)8-14(9)20(24)25/h1-8H/b13-7-. The van der Waals surface area contributed by atoms with E-state index in [2.05, 4.69) is 4.99 Å². The first kappa shape index (κ1) is 16.9. The van der Waals surface area contributed by atoms with E-state index >= 15 is 0 Å². The number of nitro benzene ring substituents is 2. The molecule has 1 aliphatic heterocycles. The first-order chi connectivity index (χ1) is 12.3. The number of esters is 1. The minimum absolute atomic E-state index is 0.0585. The van der Waals surface area contributed by atoms with Crippen molar-refractivity contribution in [3.05, 3.63) is 85.3 Å². The van der Waals surface area contributed by atoms with Gasteiger partial charge in [-0.15, -0.1) is 0 Å². The second-order valence-corrected chi connectivity index (χ2v) is 5.10. The number of rotatable bonds is 4. The molecule has 10 heteroatoms. The zero-order chi connectivity index (χ0) is 18.8. The number of carbonyl (C=O) groups excluding carboxylic acids is 1. The average molecular weight is 357 g/mol. The summed E-state index contributed by atoms with van der Waals surface area (Å²) in [4.78, 5) is 36.2. The number of halogens is 1. The van der Waals surface area contributed by atoms with Gasteiger partial charge in [0.2, 0.25) is 5.90 Å². The predicted molar refractivity (Wildman–Crippen MR) is 86.8 cm³/mol. The number of nitrogens with zero attached hydrogens (tertiary/aromatic N) is 3. The quantitative estimate of drug-likeness (QED) is 0.358. The number of ether oxygens (including phenoxy) is 1. The highest BCUT2D eigenvalue weighted by molar-refractivity contribution is 6.13. The van der Waals surface area contributed by atoms with Crippen LogP contribution in [0.3, 0.4) is 0 Å². The van der Waals surface area contributed by atoms with Crippen LogP contribution in [0.4, 0.5) is 15.8 Å². The molecule has 0 amide bonds. The summed E-state index contributed by atoms with van der Waals surface area (Å²) in [6, 6.07) is 8.19. The maximum Gasteiger partial charge on any atom is 0.363 e. The van der Waals surface area contributed by atoms with Crippen molar-refractivity contribution in [2.75, 3.05) is 0 Å². The predicted octanol–water partition coefficient (Wildman–Crippen LogP) is 2.99. The van der Waals surface area contributed by atoms with Crippen LogP contribution in [0.25, 0.3) is 6.08 Å². The average Bonchev–Trinajstić information content (AvgIpc) is 2.95. The van der Waals surface area contributed by atoms with Crippen molar-refractivity contribution < 1.29 is 23.8 Å². The Morgan fingerprint density at radius 1 is 1.08 bits per heavy atom. The highest BCUT2D eigenvalue weighted by atomic mass is 19.1. The fourth-order valence-corrected chi connectivity index (χ4v) is 2.23. The van der Waals surface area contributed by atoms with Crippen molar-refractivity contribution in [2.45, 2.75) is 0 Å². The van der Waals surface area contributed by atoms with Crippen LogP contribution in [0.2, 0.25) is 0 Å². The van der Waals surface area contributed by atoms with E-state index in [-0.39, 0.29) is 22.7 Å². The van der Waals surface area contributed by atoms with Crippen molar-refractivity contribution in [2.24, 2.45) is 4.99 Å². The molecule has 1 aliphatic rings. The molecule has 0 aliphatic carbocycles. The molecule has 0 saturated carbocycles. The minimum atomic E-state index is -0.878. The number of hydrogen-bond acceptors (Lipinski definition) is 7. The summed E-state index contributed by atoms with van der Waals surface area (Å²) in [6.45, 7) is 0. The molecule has 0 saturated heterocycles. The highest BCUT2D eigenvalue weighted by Gasteiger charge is 2.26. The van der Waals surface area contributed by atoms with E-state index in [1.165, 1.54) is 18.2 Å². The van der Waals surface area contributed by atoms with Crippen molar-refractivity contribution >= 4 is 29.3 Å². The second kappa shape index (κ2) is 6.51. The van der Waals surface area contributed by atoms with Gasteiger partial charge in [0.05, 0.1) is 21.5 Å². The normalized spacial score (nSPS) is 14.9. The van der Waals surface area contributed by atoms with Crippen LogP contribution in [0.1, 0.15) is 11.1 Å². The number of hydrogen-bond donors (Lipinski definition) is 0. The molecule has 0 N–H and O–H groups in total. The van der Waals surface area contributed by atoms with Gasteiger partial charge in [-0.2, -0.15) is 0 Å². The van der Waals surface area contributed by atoms with Gasteiger partial charge >= 0.3 is 5.97 Å². The smallest absolute Gasteiger partial charge is 0.363 e. The Bertz CT molecular complexity index is 1010. The molecule has 0 aromatic heterocycles. The highest BCUT2D eigenvalue weighted by Crippen LogP contribution is 2.28.